The number of nitrogen functional groups attached to an aromatic ring is 2. The summed E-state index contributed by atoms with van der Waals surface area (Å²) in [5, 5.41) is 0. The molecule has 0 heterocycles. The van der Waals surface area contributed by atoms with Crippen molar-refractivity contribution in [1.29, 1.82) is 0 Å². The van der Waals surface area contributed by atoms with Crippen molar-refractivity contribution in [3.63, 3.8) is 0 Å². The number of anilines is 2. The molecule has 0 fully saturated rings. The predicted molar refractivity (Wildman–Crippen MR) is 79.7 cm³/mol. The van der Waals surface area contributed by atoms with E-state index in [1.54, 1.807) is 0 Å². The Hall–Kier alpha value is -1.96. The van der Waals surface area contributed by atoms with Crippen LogP contribution in [0.5, 0.6) is 0 Å². The van der Waals surface area contributed by atoms with E-state index in [-0.39, 0.29) is 0 Å². The Balaban J connectivity index is 2.76. The minimum atomic E-state index is 0.641. The number of rotatable bonds is 1. The van der Waals surface area contributed by atoms with E-state index in [1.807, 2.05) is 18.2 Å². The van der Waals surface area contributed by atoms with Gasteiger partial charge in [-0.05, 0) is 61.6 Å². The monoisotopic (exact) mass is 240 g/mol. The molecular formula is C16H20N2. The summed E-state index contributed by atoms with van der Waals surface area (Å²) >= 11 is 0. The van der Waals surface area contributed by atoms with E-state index in [4.69, 9.17) is 11.5 Å². The lowest BCUT2D eigenvalue weighted by molar-refractivity contribution is 1.22. The lowest BCUT2D eigenvalue weighted by atomic mass is 9.90. The van der Waals surface area contributed by atoms with Crippen molar-refractivity contribution in [1.82, 2.24) is 0 Å². The zero-order chi connectivity index (χ0) is 13.4. The molecule has 0 saturated heterocycles. The Morgan fingerprint density at radius 1 is 0.778 bits per heavy atom. The zero-order valence-corrected chi connectivity index (χ0v) is 11.5. The Morgan fingerprint density at radius 2 is 1.44 bits per heavy atom. The smallest absolute Gasteiger partial charge is 0.0627 e. The first-order chi connectivity index (χ1) is 8.43. The quantitative estimate of drug-likeness (QED) is 0.746. The first-order valence-corrected chi connectivity index (χ1v) is 6.15. The van der Waals surface area contributed by atoms with Crippen molar-refractivity contribution >= 4 is 11.4 Å². The molecule has 0 aliphatic heterocycles. The van der Waals surface area contributed by atoms with Gasteiger partial charge in [-0.3, -0.25) is 0 Å². The van der Waals surface area contributed by atoms with Gasteiger partial charge in [0, 0.05) is 5.56 Å². The molecule has 4 N–H and O–H groups in total. The Kier molecular flexibility index (Phi) is 3.04. The first kappa shape index (κ1) is 12.5. The zero-order valence-electron chi connectivity index (χ0n) is 11.5. The van der Waals surface area contributed by atoms with E-state index in [1.165, 1.54) is 27.8 Å². The minimum Gasteiger partial charge on any atom is -0.397 e. The summed E-state index contributed by atoms with van der Waals surface area (Å²) < 4.78 is 0. The fourth-order valence-electron chi connectivity index (χ4n) is 2.31. The Labute approximate surface area is 109 Å². The number of nitrogens with two attached hydrogens (primary N) is 2. The highest BCUT2D eigenvalue weighted by atomic mass is 14.7. The van der Waals surface area contributed by atoms with Crippen LogP contribution in [0.25, 0.3) is 11.1 Å². The van der Waals surface area contributed by atoms with E-state index >= 15 is 0 Å². The molecule has 0 radical (unpaired) electrons. The van der Waals surface area contributed by atoms with Crippen LogP contribution in [0, 0.1) is 27.7 Å². The molecule has 94 valence electrons. The van der Waals surface area contributed by atoms with Crippen LogP contribution in [0.15, 0.2) is 24.3 Å². The van der Waals surface area contributed by atoms with Gasteiger partial charge in [-0.25, -0.2) is 0 Å². The number of hydrogen-bond donors (Lipinski definition) is 2. The third-order valence-corrected chi connectivity index (χ3v) is 3.91. The van der Waals surface area contributed by atoms with Crippen molar-refractivity contribution in [3.8, 4) is 11.1 Å². The van der Waals surface area contributed by atoms with Crippen LogP contribution < -0.4 is 11.5 Å². The van der Waals surface area contributed by atoms with Gasteiger partial charge in [-0.2, -0.15) is 0 Å². The fourth-order valence-corrected chi connectivity index (χ4v) is 2.31. The molecule has 2 rings (SSSR count). The highest BCUT2D eigenvalue weighted by Crippen LogP contribution is 2.35. The van der Waals surface area contributed by atoms with Crippen LogP contribution in [0.2, 0.25) is 0 Å². The van der Waals surface area contributed by atoms with Gasteiger partial charge in [-0.1, -0.05) is 18.2 Å². The van der Waals surface area contributed by atoms with Crippen LogP contribution in [-0.4, -0.2) is 0 Å². The highest BCUT2D eigenvalue weighted by Gasteiger charge is 2.12. The van der Waals surface area contributed by atoms with Gasteiger partial charge < -0.3 is 11.5 Å². The lowest BCUT2D eigenvalue weighted by Gasteiger charge is -2.16. The molecule has 0 aromatic heterocycles. The molecule has 0 bridgehead atoms. The summed E-state index contributed by atoms with van der Waals surface area (Å²) in [7, 11) is 0. The molecule has 18 heavy (non-hydrogen) atoms. The number of para-hydroxylation sites is 1. The van der Waals surface area contributed by atoms with Gasteiger partial charge in [0.05, 0.1) is 11.4 Å². The average Bonchev–Trinajstić information content (AvgIpc) is 2.35. The molecule has 0 atom stereocenters. The van der Waals surface area contributed by atoms with Crippen LogP contribution >= 0.6 is 0 Å². The van der Waals surface area contributed by atoms with Gasteiger partial charge in [0.15, 0.2) is 0 Å². The molecule has 0 aliphatic carbocycles. The second-order valence-corrected chi connectivity index (χ2v) is 4.92. The Morgan fingerprint density at radius 3 is 2.11 bits per heavy atom. The lowest BCUT2D eigenvalue weighted by Crippen LogP contribution is -2.00. The fraction of sp³-hybridized carbons (Fsp3) is 0.250. The van der Waals surface area contributed by atoms with Crippen molar-refractivity contribution < 1.29 is 0 Å². The van der Waals surface area contributed by atoms with Crippen LogP contribution in [-0.2, 0) is 0 Å². The summed E-state index contributed by atoms with van der Waals surface area (Å²) in [5.74, 6) is 0. The number of benzene rings is 2. The van der Waals surface area contributed by atoms with E-state index in [0.29, 0.717) is 11.4 Å². The van der Waals surface area contributed by atoms with E-state index in [9.17, 15) is 0 Å². The van der Waals surface area contributed by atoms with Crippen molar-refractivity contribution in [2.45, 2.75) is 27.7 Å². The normalized spacial score (nSPS) is 10.7. The minimum absolute atomic E-state index is 0.641. The van der Waals surface area contributed by atoms with Gasteiger partial charge in [-0.15, -0.1) is 0 Å². The SMILES string of the molecule is Cc1cc(-c2cccc(N)c2N)c(C)c(C)c1C. The summed E-state index contributed by atoms with van der Waals surface area (Å²) in [6.07, 6.45) is 0. The predicted octanol–water partition coefficient (Wildman–Crippen LogP) is 3.75. The van der Waals surface area contributed by atoms with Crippen molar-refractivity contribution in [2.24, 2.45) is 0 Å². The second-order valence-electron chi connectivity index (χ2n) is 4.92. The number of aryl methyl sites for hydroxylation is 1. The van der Waals surface area contributed by atoms with Crippen LogP contribution in [0.1, 0.15) is 22.3 Å². The largest absolute Gasteiger partial charge is 0.397 e. The topological polar surface area (TPSA) is 52.0 Å². The first-order valence-electron chi connectivity index (χ1n) is 6.15. The van der Waals surface area contributed by atoms with E-state index in [0.717, 1.165) is 5.56 Å². The second kappa shape index (κ2) is 4.37. The summed E-state index contributed by atoms with van der Waals surface area (Å²) in [6, 6.07) is 8.01. The molecule has 2 aromatic rings. The third kappa shape index (κ3) is 1.84. The van der Waals surface area contributed by atoms with Gasteiger partial charge in [0.2, 0.25) is 0 Å². The molecule has 0 aliphatic rings. The summed E-state index contributed by atoms with van der Waals surface area (Å²) in [6.45, 7) is 8.58. The maximum Gasteiger partial charge on any atom is 0.0627 e. The Bertz CT molecular complexity index is 613. The maximum atomic E-state index is 6.10. The maximum absolute atomic E-state index is 6.10. The standard InChI is InChI=1S/C16H20N2/c1-9-8-14(12(4)11(3)10(9)2)13-6-5-7-15(17)16(13)18/h5-8H,17-18H2,1-4H3. The third-order valence-electron chi connectivity index (χ3n) is 3.91. The molecular weight excluding hydrogens is 220 g/mol. The van der Waals surface area contributed by atoms with Gasteiger partial charge in [0.25, 0.3) is 0 Å². The van der Waals surface area contributed by atoms with Crippen LogP contribution in [0.4, 0.5) is 11.4 Å². The summed E-state index contributed by atoms with van der Waals surface area (Å²) in [5.41, 5.74) is 20.7. The highest BCUT2D eigenvalue weighted by molar-refractivity contribution is 5.86. The molecule has 2 nitrogen and oxygen atoms in total. The molecule has 2 heteroatoms. The molecule has 0 saturated carbocycles. The average molecular weight is 240 g/mol. The van der Waals surface area contributed by atoms with E-state index in [2.05, 4.69) is 33.8 Å². The van der Waals surface area contributed by atoms with Crippen LogP contribution in [0.3, 0.4) is 0 Å². The van der Waals surface area contributed by atoms with Crippen molar-refractivity contribution in [2.75, 3.05) is 11.5 Å². The van der Waals surface area contributed by atoms with Crippen molar-refractivity contribution in [3.05, 3.63) is 46.5 Å². The summed E-state index contributed by atoms with van der Waals surface area (Å²) in [4.78, 5) is 0. The van der Waals surface area contributed by atoms with Gasteiger partial charge in [0.1, 0.15) is 0 Å². The molecule has 0 unspecified atom stereocenters. The van der Waals surface area contributed by atoms with E-state index < -0.39 is 0 Å². The van der Waals surface area contributed by atoms with Gasteiger partial charge >= 0.3 is 0 Å². The molecule has 0 spiro atoms. The molecule has 2 aromatic carbocycles. The molecule has 0 amide bonds. The number of hydrogen-bond acceptors (Lipinski definition) is 2.